The summed E-state index contributed by atoms with van der Waals surface area (Å²) in [5.41, 5.74) is 5.82. The summed E-state index contributed by atoms with van der Waals surface area (Å²) in [4.78, 5) is 28.5. The molecule has 0 aliphatic carbocycles. The number of phenols is 1. The van der Waals surface area contributed by atoms with Crippen LogP contribution < -0.4 is 15.5 Å². The van der Waals surface area contributed by atoms with Crippen LogP contribution in [0.4, 0.5) is 21.0 Å². The van der Waals surface area contributed by atoms with Gasteiger partial charge in [-0.25, -0.2) is 14.2 Å². The molecule has 1 aromatic heterocycles. The van der Waals surface area contributed by atoms with Crippen molar-refractivity contribution in [1.82, 2.24) is 14.9 Å². The molecule has 4 aromatic rings. The maximum absolute atomic E-state index is 17.1. The normalized spacial score (nSPS) is 14.5. The van der Waals surface area contributed by atoms with Crippen molar-refractivity contribution in [2.45, 2.75) is 90.8 Å². The molecule has 0 unspecified atom stereocenters. The van der Waals surface area contributed by atoms with Gasteiger partial charge in [0, 0.05) is 55.3 Å². The first kappa shape index (κ1) is 36.4. The third-order valence-corrected chi connectivity index (χ3v) is 9.56. The summed E-state index contributed by atoms with van der Waals surface area (Å²) < 4.78 is 22.7. The topological polar surface area (TPSA) is 108 Å². The number of hydrogen-bond donors (Lipinski definition) is 2. The number of amides is 1. The second-order valence-electron chi connectivity index (χ2n) is 15.5. The Labute approximate surface area is 294 Å². The molecule has 3 aromatic carbocycles. The maximum atomic E-state index is 17.1. The summed E-state index contributed by atoms with van der Waals surface area (Å²) in [5, 5.41) is 12.8. The van der Waals surface area contributed by atoms with Gasteiger partial charge in [0.25, 0.3) is 0 Å². The molecule has 0 spiro atoms. The van der Waals surface area contributed by atoms with Crippen LogP contribution in [0.5, 0.6) is 5.75 Å². The molecule has 1 fully saturated rings. The number of benzene rings is 3. The maximum Gasteiger partial charge on any atom is 0.410 e. The van der Waals surface area contributed by atoms with Gasteiger partial charge in [-0.1, -0.05) is 48.7 Å². The fraction of sp³-hybridized carbons (Fsp3) is 0.500. The van der Waals surface area contributed by atoms with Gasteiger partial charge in [-0.2, -0.15) is 4.98 Å². The number of unbranched alkanes of at least 4 members (excludes halogenated alkanes) is 1. The molecule has 11 heteroatoms. The number of nitrogens with two attached hydrogens (primary N) is 1. The largest absolute Gasteiger partial charge is 0.508 e. The van der Waals surface area contributed by atoms with Crippen LogP contribution >= 0.6 is 11.6 Å². The van der Waals surface area contributed by atoms with Crippen LogP contribution in [0.2, 0.25) is 5.02 Å². The minimum absolute atomic E-state index is 0.00990. The highest BCUT2D eigenvalue weighted by atomic mass is 35.5. The van der Waals surface area contributed by atoms with Crippen molar-refractivity contribution in [2.75, 3.05) is 43.0 Å². The Bertz CT molecular complexity index is 1840. The molecule has 1 aliphatic heterocycles. The van der Waals surface area contributed by atoms with Crippen molar-refractivity contribution in [3.05, 3.63) is 53.3 Å². The summed E-state index contributed by atoms with van der Waals surface area (Å²) >= 11 is 6.93. The predicted octanol–water partition coefficient (Wildman–Crippen LogP) is 8.52. The number of carbonyl (C=O) groups excluding carboxylic acids is 1. The van der Waals surface area contributed by atoms with Crippen LogP contribution in [-0.4, -0.2) is 76.0 Å². The number of halogens is 2. The Kier molecular flexibility index (Phi) is 10.2. The van der Waals surface area contributed by atoms with Crippen molar-refractivity contribution in [3.63, 3.8) is 0 Å². The fourth-order valence-corrected chi connectivity index (χ4v) is 6.61. The highest BCUT2D eigenvalue weighted by molar-refractivity contribution is 6.35. The first-order valence-corrected chi connectivity index (χ1v) is 17.4. The van der Waals surface area contributed by atoms with E-state index in [0.29, 0.717) is 48.9 Å². The molecule has 1 saturated heterocycles. The molecule has 9 nitrogen and oxygen atoms in total. The Hall–Kier alpha value is -3.89. The number of piperazine rings is 1. The molecular weight excluding hydrogens is 643 g/mol. The van der Waals surface area contributed by atoms with Crippen molar-refractivity contribution in [2.24, 2.45) is 5.73 Å². The van der Waals surface area contributed by atoms with Gasteiger partial charge in [0.05, 0.1) is 5.02 Å². The van der Waals surface area contributed by atoms with E-state index in [1.165, 1.54) is 6.07 Å². The summed E-state index contributed by atoms with van der Waals surface area (Å²) in [6, 6.07) is 12.4. The lowest BCUT2D eigenvalue weighted by Gasteiger charge is -2.38. The SMILES string of the molecule is CN(c1nc(N2CCN(C(=O)OC(C)(C)C)CC2)c2cc(Cl)c(-c3cc(O)cc4ccccc34)c(F)c2n1)C(C)(C)CCCCC(C)(C)N. The monoisotopic (exact) mass is 692 g/mol. The van der Waals surface area contributed by atoms with Gasteiger partial charge in [-0.05, 0) is 95.8 Å². The highest BCUT2D eigenvalue weighted by Gasteiger charge is 2.32. The van der Waals surface area contributed by atoms with E-state index in [9.17, 15) is 9.90 Å². The van der Waals surface area contributed by atoms with Crippen LogP contribution in [-0.2, 0) is 4.74 Å². The minimum atomic E-state index is -0.600. The number of aromatic nitrogens is 2. The number of phenolic OH excluding ortho intramolecular Hbond substituents is 1. The lowest BCUT2D eigenvalue weighted by atomic mass is 9.92. The summed E-state index contributed by atoms with van der Waals surface area (Å²) in [5.74, 6) is 0.348. The molecule has 2 heterocycles. The zero-order chi connectivity index (χ0) is 35.9. The molecule has 0 radical (unpaired) electrons. The molecule has 1 aliphatic rings. The number of nitrogens with zero attached hydrogens (tertiary/aromatic N) is 5. The summed E-state index contributed by atoms with van der Waals surface area (Å²) in [6.07, 6.45) is 3.35. The van der Waals surface area contributed by atoms with Gasteiger partial charge in [0.2, 0.25) is 5.95 Å². The lowest BCUT2D eigenvalue weighted by Crippen LogP contribution is -2.50. The fourth-order valence-electron chi connectivity index (χ4n) is 6.31. The van der Waals surface area contributed by atoms with Crippen LogP contribution in [0.15, 0.2) is 42.5 Å². The van der Waals surface area contributed by atoms with E-state index < -0.39 is 11.4 Å². The number of rotatable bonds is 9. The number of carbonyl (C=O) groups is 1. The average molecular weight is 693 g/mol. The van der Waals surface area contributed by atoms with E-state index in [4.69, 9.17) is 32.0 Å². The molecule has 264 valence electrons. The van der Waals surface area contributed by atoms with Crippen LogP contribution in [0.25, 0.3) is 32.8 Å². The number of hydrogen-bond acceptors (Lipinski definition) is 8. The molecule has 1 amide bonds. The van der Waals surface area contributed by atoms with Crippen LogP contribution in [0.3, 0.4) is 0 Å². The molecule has 0 saturated carbocycles. The van der Waals surface area contributed by atoms with Crippen LogP contribution in [0.1, 0.15) is 74.1 Å². The third-order valence-electron chi connectivity index (χ3n) is 9.27. The van der Waals surface area contributed by atoms with E-state index in [1.54, 1.807) is 17.0 Å². The average Bonchev–Trinajstić information content (AvgIpc) is 3.01. The number of fused-ring (bicyclic) bond motifs is 2. The van der Waals surface area contributed by atoms with E-state index in [0.717, 1.165) is 36.5 Å². The van der Waals surface area contributed by atoms with E-state index in [1.807, 2.05) is 70.8 Å². The number of anilines is 2. The molecule has 0 atom stereocenters. The van der Waals surface area contributed by atoms with Crippen molar-refractivity contribution < 1.29 is 19.0 Å². The quantitative estimate of drug-likeness (QED) is 0.168. The zero-order valence-corrected chi connectivity index (χ0v) is 30.8. The molecule has 3 N–H and O–H groups in total. The first-order valence-electron chi connectivity index (χ1n) is 17.0. The Morgan fingerprint density at radius 2 is 1.63 bits per heavy atom. The van der Waals surface area contributed by atoms with E-state index in [-0.39, 0.29) is 39.0 Å². The second-order valence-corrected chi connectivity index (χ2v) is 15.9. The van der Waals surface area contributed by atoms with Gasteiger partial charge in [0.15, 0.2) is 5.82 Å². The summed E-state index contributed by atoms with van der Waals surface area (Å²) in [7, 11) is 1.94. The number of aromatic hydroxyl groups is 1. The van der Waals surface area contributed by atoms with Crippen molar-refractivity contribution in [1.29, 1.82) is 0 Å². The predicted molar refractivity (Wildman–Crippen MR) is 198 cm³/mol. The smallest absolute Gasteiger partial charge is 0.410 e. The van der Waals surface area contributed by atoms with Crippen LogP contribution in [0, 0.1) is 5.82 Å². The van der Waals surface area contributed by atoms with Gasteiger partial charge >= 0.3 is 6.09 Å². The van der Waals surface area contributed by atoms with Crippen molar-refractivity contribution >= 4 is 51.1 Å². The minimum Gasteiger partial charge on any atom is -0.508 e. The van der Waals surface area contributed by atoms with Gasteiger partial charge < -0.3 is 30.3 Å². The van der Waals surface area contributed by atoms with E-state index >= 15 is 4.39 Å². The van der Waals surface area contributed by atoms with Gasteiger partial charge in [0.1, 0.15) is 22.7 Å². The molecular formula is C38H50ClFN6O3. The number of ether oxygens (including phenoxy) is 1. The Morgan fingerprint density at radius 3 is 2.29 bits per heavy atom. The second kappa shape index (κ2) is 13.8. The zero-order valence-electron chi connectivity index (χ0n) is 30.0. The molecule has 5 rings (SSSR count). The van der Waals surface area contributed by atoms with Gasteiger partial charge in [-0.15, -0.1) is 0 Å². The van der Waals surface area contributed by atoms with Gasteiger partial charge in [-0.3, -0.25) is 0 Å². The lowest BCUT2D eigenvalue weighted by molar-refractivity contribution is 0.0240. The molecule has 49 heavy (non-hydrogen) atoms. The highest BCUT2D eigenvalue weighted by Crippen LogP contribution is 2.43. The Balaban J connectivity index is 1.59. The first-order chi connectivity index (χ1) is 22.8. The molecule has 0 bridgehead atoms. The standard InChI is InChI=1S/C38H50ClFN6O3/c1-36(2,3)49-35(48)46-19-17-45(18-20-46)33-28-23-29(39)30(27-22-25(47)21-24-13-9-10-14-26(24)27)31(40)32(28)42-34(43-33)44(8)38(6,7)16-12-11-15-37(4,5)41/h9-10,13-14,21-23,47H,11-12,15-20,41H2,1-8H3. The van der Waals surface area contributed by atoms with E-state index in [2.05, 4.69) is 18.7 Å². The summed E-state index contributed by atoms with van der Waals surface area (Å²) in [6.45, 7) is 15.6. The third kappa shape index (κ3) is 8.29. The Morgan fingerprint density at radius 1 is 0.980 bits per heavy atom. The van der Waals surface area contributed by atoms with Crippen molar-refractivity contribution in [3.8, 4) is 16.9 Å².